The van der Waals surface area contributed by atoms with Crippen LogP contribution >= 0.6 is 0 Å². The van der Waals surface area contributed by atoms with E-state index in [2.05, 4.69) is 10.1 Å². The lowest BCUT2D eigenvalue weighted by atomic mass is 10.2. The van der Waals surface area contributed by atoms with E-state index in [9.17, 15) is 14.4 Å². The van der Waals surface area contributed by atoms with Crippen LogP contribution in [0.2, 0.25) is 0 Å². The molecule has 1 aromatic carbocycles. The molecule has 0 bridgehead atoms. The Balaban J connectivity index is 2.90. The van der Waals surface area contributed by atoms with Crippen molar-refractivity contribution in [3.05, 3.63) is 47.7 Å². The molecule has 1 rings (SSSR count). The topological polar surface area (TPSA) is 81.7 Å². The molecule has 106 valence electrons. The number of amides is 1. The number of carbonyl (C=O) groups is 3. The van der Waals surface area contributed by atoms with E-state index in [-0.39, 0.29) is 12.3 Å². The number of nitrogens with one attached hydrogen (secondary N) is 1. The van der Waals surface area contributed by atoms with E-state index >= 15 is 0 Å². The maximum absolute atomic E-state index is 11.9. The summed E-state index contributed by atoms with van der Waals surface area (Å²) >= 11 is 0. The van der Waals surface area contributed by atoms with Crippen LogP contribution in [0, 0.1) is 0 Å². The Kier molecular flexibility index (Phi) is 5.96. The van der Waals surface area contributed by atoms with E-state index in [4.69, 9.17) is 4.74 Å². The van der Waals surface area contributed by atoms with Crippen LogP contribution < -0.4 is 5.32 Å². The van der Waals surface area contributed by atoms with Gasteiger partial charge in [-0.05, 0) is 19.1 Å². The Labute approximate surface area is 116 Å². The Morgan fingerprint density at radius 3 is 2.40 bits per heavy atom. The third-order valence-electron chi connectivity index (χ3n) is 2.24. The summed E-state index contributed by atoms with van der Waals surface area (Å²) in [4.78, 5) is 34.8. The van der Waals surface area contributed by atoms with Gasteiger partial charge in [-0.15, -0.1) is 0 Å². The van der Waals surface area contributed by atoms with Gasteiger partial charge in [0.15, 0.2) is 0 Å². The number of esters is 2. The van der Waals surface area contributed by atoms with Crippen molar-refractivity contribution in [2.24, 2.45) is 0 Å². The Morgan fingerprint density at radius 1 is 1.20 bits per heavy atom. The molecule has 6 heteroatoms. The minimum Gasteiger partial charge on any atom is -0.466 e. The summed E-state index contributed by atoms with van der Waals surface area (Å²) < 4.78 is 9.18. The van der Waals surface area contributed by atoms with Crippen molar-refractivity contribution in [2.45, 2.75) is 6.92 Å². The standard InChI is InChI=1S/C14H15NO5/c1-3-20-14(18)11(9-12(16)19-2)15-13(17)10-7-5-4-6-8-10/h4-9H,3H2,1-2H3,(H,15,17)/b11-9+. The zero-order valence-electron chi connectivity index (χ0n) is 11.2. The molecule has 20 heavy (non-hydrogen) atoms. The minimum absolute atomic E-state index is 0.124. The number of rotatable bonds is 5. The summed E-state index contributed by atoms with van der Waals surface area (Å²) in [6.07, 6.45) is 0.874. The molecule has 0 aliphatic rings. The fraction of sp³-hybridized carbons (Fsp3) is 0.214. The Hall–Kier alpha value is -2.63. The fourth-order valence-corrected chi connectivity index (χ4v) is 1.32. The molecule has 1 N–H and O–H groups in total. The van der Waals surface area contributed by atoms with E-state index in [1.54, 1.807) is 37.3 Å². The van der Waals surface area contributed by atoms with Crippen LogP contribution in [0.3, 0.4) is 0 Å². The van der Waals surface area contributed by atoms with Gasteiger partial charge in [0, 0.05) is 5.56 Å². The van der Waals surface area contributed by atoms with Crippen molar-refractivity contribution in [1.29, 1.82) is 0 Å². The predicted octanol–water partition coefficient (Wildman–Crippen LogP) is 1.04. The third-order valence-corrected chi connectivity index (χ3v) is 2.24. The molecule has 0 radical (unpaired) electrons. The summed E-state index contributed by atoms with van der Waals surface area (Å²) in [6, 6.07) is 8.28. The van der Waals surface area contributed by atoms with Crippen molar-refractivity contribution < 1.29 is 23.9 Å². The first-order valence-electron chi connectivity index (χ1n) is 5.91. The zero-order chi connectivity index (χ0) is 15.0. The molecule has 0 saturated carbocycles. The number of carbonyl (C=O) groups excluding carboxylic acids is 3. The van der Waals surface area contributed by atoms with E-state index in [1.807, 2.05) is 0 Å². The number of benzene rings is 1. The molecule has 0 atom stereocenters. The van der Waals surface area contributed by atoms with E-state index in [0.717, 1.165) is 6.08 Å². The minimum atomic E-state index is -0.804. The number of ether oxygens (including phenoxy) is 2. The normalized spacial score (nSPS) is 10.6. The average Bonchev–Trinajstić information content (AvgIpc) is 2.47. The highest BCUT2D eigenvalue weighted by atomic mass is 16.5. The van der Waals surface area contributed by atoms with Crippen LogP contribution in [-0.4, -0.2) is 31.6 Å². The molecule has 1 aromatic rings. The van der Waals surface area contributed by atoms with Gasteiger partial charge in [0.2, 0.25) is 0 Å². The summed E-state index contributed by atoms with van der Waals surface area (Å²) in [5, 5.41) is 2.33. The summed E-state index contributed by atoms with van der Waals surface area (Å²) in [7, 11) is 1.17. The lowest BCUT2D eigenvalue weighted by Gasteiger charge is -2.08. The summed E-state index contributed by atoms with van der Waals surface area (Å²) in [6.45, 7) is 1.74. The summed E-state index contributed by atoms with van der Waals surface area (Å²) in [5.41, 5.74) is 0.0834. The largest absolute Gasteiger partial charge is 0.466 e. The predicted molar refractivity (Wildman–Crippen MR) is 70.6 cm³/mol. The molecular formula is C14H15NO5. The van der Waals surface area contributed by atoms with Crippen LogP contribution in [0.15, 0.2) is 42.1 Å². The first-order chi connectivity index (χ1) is 9.58. The van der Waals surface area contributed by atoms with Crippen molar-refractivity contribution in [2.75, 3.05) is 13.7 Å². The highest BCUT2D eigenvalue weighted by Crippen LogP contribution is 2.02. The molecular weight excluding hydrogens is 262 g/mol. The zero-order valence-corrected chi connectivity index (χ0v) is 11.2. The Morgan fingerprint density at radius 2 is 1.85 bits per heavy atom. The molecule has 0 heterocycles. The van der Waals surface area contributed by atoms with Crippen LogP contribution in [0.4, 0.5) is 0 Å². The molecule has 0 spiro atoms. The second-order valence-electron chi connectivity index (χ2n) is 3.62. The van der Waals surface area contributed by atoms with Crippen LogP contribution in [0.25, 0.3) is 0 Å². The van der Waals surface area contributed by atoms with Gasteiger partial charge in [-0.1, -0.05) is 18.2 Å². The van der Waals surface area contributed by atoms with Gasteiger partial charge in [0.25, 0.3) is 5.91 Å². The van der Waals surface area contributed by atoms with Crippen LogP contribution in [0.1, 0.15) is 17.3 Å². The molecule has 0 unspecified atom stereocenters. The number of hydrogen-bond acceptors (Lipinski definition) is 5. The second kappa shape index (κ2) is 7.73. The first kappa shape index (κ1) is 15.4. The van der Waals surface area contributed by atoms with Crippen molar-refractivity contribution in [1.82, 2.24) is 5.32 Å². The van der Waals surface area contributed by atoms with Gasteiger partial charge in [0.1, 0.15) is 5.70 Å². The van der Waals surface area contributed by atoms with Crippen molar-refractivity contribution in [3.8, 4) is 0 Å². The van der Waals surface area contributed by atoms with Gasteiger partial charge in [0.05, 0.1) is 19.8 Å². The van der Waals surface area contributed by atoms with E-state index < -0.39 is 17.8 Å². The SMILES string of the molecule is CCOC(=O)/C(=C\C(=O)OC)NC(=O)c1ccccc1. The van der Waals surface area contributed by atoms with Gasteiger partial charge in [-0.2, -0.15) is 0 Å². The van der Waals surface area contributed by atoms with Crippen molar-refractivity contribution in [3.63, 3.8) is 0 Å². The fourth-order valence-electron chi connectivity index (χ4n) is 1.32. The van der Waals surface area contributed by atoms with Gasteiger partial charge < -0.3 is 14.8 Å². The van der Waals surface area contributed by atoms with E-state index in [0.29, 0.717) is 5.56 Å². The molecule has 6 nitrogen and oxygen atoms in total. The van der Waals surface area contributed by atoms with Crippen LogP contribution in [0.5, 0.6) is 0 Å². The molecule has 0 aliphatic carbocycles. The van der Waals surface area contributed by atoms with Crippen LogP contribution in [-0.2, 0) is 19.1 Å². The highest BCUT2D eigenvalue weighted by molar-refractivity contribution is 6.03. The average molecular weight is 277 g/mol. The first-order valence-corrected chi connectivity index (χ1v) is 5.91. The molecule has 1 amide bonds. The molecule has 0 saturated heterocycles. The maximum Gasteiger partial charge on any atom is 0.355 e. The lowest BCUT2D eigenvalue weighted by Crippen LogP contribution is -2.29. The quantitative estimate of drug-likeness (QED) is 0.642. The smallest absolute Gasteiger partial charge is 0.355 e. The molecule has 0 aromatic heterocycles. The summed E-state index contributed by atoms with van der Waals surface area (Å²) in [5.74, 6) is -2.09. The maximum atomic E-state index is 11.9. The molecule has 0 fully saturated rings. The number of methoxy groups -OCH3 is 1. The highest BCUT2D eigenvalue weighted by Gasteiger charge is 2.17. The van der Waals surface area contributed by atoms with Gasteiger partial charge >= 0.3 is 11.9 Å². The number of hydrogen-bond donors (Lipinski definition) is 1. The molecule has 0 aliphatic heterocycles. The Bertz CT molecular complexity index is 522. The lowest BCUT2D eigenvalue weighted by molar-refractivity contribution is -0.140. The van der Waals surface area contributed by atoms with E-state index in [1.165, 1.54) is 7.11 Å². The second-order valence-corrected chi connectivity index (χ2v) is 3.62. The van der Waals surface area contributed by atoms with Crippen molar-refractivity contribution >= 4 is 17.8 Å². The van der Waals surface area contributed by atoms with Gasteiger partial charge in [-0.25, -0.2) is 9.59 Å². The van der Waals surface area contributed by atoms with Gasteiger partial charge in [-0.3, -0.25) is 4.79 Å². The third kappa shape index (κ3) is 4.56. The monoisotopic (exact) mass is 277 g/mol.